The Morgan fingerprint density at radius 1 is 1.25 bits per heavy atom. The molecule has 5 heteroatoms. The summed E-state index contributed by atoms with van der Waals surface area (Å²) >= 11 is 0. The molecular formula is C15H20N2O2S. The highest BCUT2D eigenvalue weighted by molar-refractivity contribution is 7.89. The van der Waals surface area contributed by atoms with E-state index in [1.54, 1.807) is 19.1 Å². The van der Waals surface area contributed by atoms with E-state index in [4.69, 9.17) is 5.26 Å². The third kappa shape index (κ3) is 3.20. The highest BCUT2D eigenvalue weighted by Gasteiger charge is 2.32. The first-order valence-electron chi connectivity index (χ1n) is 6.91. The number of nitrogens with one attached hydrogen (secondary N) is 1. The summed E-state index contributed by atoms with van der Waals surface area (Å²) in [7, 11) is -3.53. The molecule has 0 saturated heterocycles. The van der Waals surface area contributed by atoms with Gasteiger partial charge in [0.2, 0.25) is 10.0 Å². The maximum Gasteiger partial charge on any atom is 0.241 e. The fourth-order valence-electron chi connectivity index (χ4n) is 2.75. The van der Waals surface area contributed by atoms with Gasteiger partial charge in [-0.1, -0.05) is 19.3 Å². The van der Waals surface area contributed by atoms with Crippen molar-refractivity contribution in [3.8, 4) is 6.07 Å². The van der Waals surface area contributed by atoms with Gasteiger partial charge in [0.25, 0.3) is 0 Å². The second-order valence-corrected chi connectivity index (χ2v) is 7.50. The maximum absolute atomic E-state index is 12.5. The van der Waals surface area contributed by atoms with E-state index in [0.717, 1.165) is 25.7 Å². The van der Waals surface area contributed by atoms with Crippen LogP contribution in [0.4, 0.5) is 0 Å². The zero-order chi connectivity index (χ0) is 14.8. The number of hydrogen-bond acceptors (Lipinski definition) is 3. The molecule has 0 atom stereocenters. The van der Waals surface area contributed by atoms with E-state index in [1.165, 1.54) is 12.5 Å². The molecule has 0 aliphatic heterocycles. The van der Waals surface area contributed by atoms with Gasteiger partial charge in [-0.25, -0.2) is 13.1 Å². The highest BCUT2D eigenvalue weighted by Crippen LogP contribution is 2.29. The van der Waals surface area contributed by atoms with Crippen LogP contribution < -0.4 is 4.72 Å². The molecular weight excluding hydrogens is 272 g/mol. The van der Waals surface area contributed by atoms with Gasteiger partial charge in [-0.2, -0.15) is 5.26 Å². The van der Waals surface area contributed by atoms with Crippen LogP contribution in [0.1, 0.15) is 50.2 Å². The minimum absolute atomic E-state index is 0.237. The summed E-state index contributed by atoms with van der Waals surface area (Å²) in [6.45, 7) is 3.72. The fraction of sp³-hybridized carbons (Fsp3) is 0.533. The molecule has 4 nitrogen and oxygen atoms in total. The Morgan fingerprint density at radius 2 is 1.90 bits per heavy atom. The van der Waals surface area contributed by atoms with Crippen LogP contribution in [0.2, 0.25) is 0 Å². The summed E-state index contributed by atoms with van der Waals surface area (Å²) in [6, 6.07) is 6.67. The van der Waals surface area contributed by atoms with Gasteiger partial charge in [0.05, 0.1) is 16.5 Å². The number of benzene rings is 1. The monoisotopic (exact) mass is 292 g/mol. The minimum Gasteiger partial charge on any atom is -0.207 e. The van der Waals surface area contributed by atoms with Gasteiger partial charge in [-0.3, -0.25) is 0 Å². The molecule has 1 saturated carbocycles. The quantitative estimate of drug-likeness (QED) is 0.931. The number of hydrogen-bond donors (Lipinski definition) is 1. The standard InChI is InChI=1S/C15H20N2O2S/c1-12-10-14(7-6-13(12)11-16)20(18,19)17-15(2)8-4-3-5-9-15/h6-7,10,17H,3-5,8-9H2,1-2H3. The van der Waals surface area contributed by atoms with Crippen molar-refractivity contribution in [3.63, 3.8) is 0 Å². The van der Waals surface area contributed by atoms with E-state index >= 15 is 0 Å². The SMILES string of the molecule is Cc1cc(S(=O)(=O)NC2(C)CCCCC2)ccc1C#N. The predicted molar refractivity (Wildman–Crippen MR) is 77.7 cm³/mol. The number of rotatable bonds is 3. The molecule has 1 N–H and O–H groups in total. The van der Waals surface area contributed by atoms with Gasteiger partial charge in [-0.15, -0.1) is 0 Å². The summed E-state index contributed by atoms with van der Waals surface area (Å²) in [5.41, 5.74) is 0.843. The van der Waals surface area contributed by atoms with Crippen molar-refractivity contribution in [2.24, 2.45) is 0 Å². The third-order valence-electron chi connectivity index (χ3n) is 3.97. The van der Waals surface area contributed by atoms with Crippen molar-refractivity contribution < 1.29 is 8.42 Å². The van der Waals surface area contributed by atoms with E-state index < -0.39 is 10.0 Å². The van der Waals surface area contributed by atoms with Crippen LogP contribution in [0.5, 0.6) is 0 Å². The van der Waals surface area contributed by atoms with Gasteiger partial charge >= 0.3 is 0 Å². The predicted octanol–water partition coefficient (Wildman–Crippen LogP) is 2.87. The molecule has 1 aromatic rings. The summed E-state index contributed by atoms with van der Waals surface area (Å²) in [5.74, 6) is 0. The van der Waals surface area contributed by atoms with Crippen LogP contribution in [0.25, 0.3) is 0 Å². The van der Waals surface area contributed by atoms with E-state index in [9.17, 15) is 8.42 Å². The van der Waals surface area contributed by atoms with Crippen molar-refractivity contribution in [1.29, 1.82) is 5.26 Å². The van der Waals surface area contributed by atoms with Gasteiger partial charge < -0.3 is 0 Å². The lowest BCUT2D eigenvalue weighted by atomic mass is 9.84. The first-order chi connectivity index (χ1) is 9.36. The molecule has 0 spiro atoms. The third-order valence-corrected chi connectivity index (χ3v) is 5.60. The van der Waals surface area contributed by atoms with Crippen molar-refractivity contribution in [1.82, 2.24) is 4.72 Å². The van der Waals surface area contributed by atoms with Crippen molar-refractivity contribution in [3.05, 3.63) is 29.3 Å². The first-order valence-corrected chi connectivity index (χ1v) is 8.39. The molecule has 0 aromatic heterocycles. The number of nitriles is 1. The van der Waals surface area contributed by atoms with Crippen LogP contribution in [0.3, 0.4) is 0 Å². The maximum atomic E-state index is 12.5. The Labute approximate surface area is 120 Å². The second-order valence-electron chi connectivity index (χ2n) is 5.82. The molecule has 1 aliphatic carbocycles. The van der Waals surface area contributed by atoms with Crippen molar-refractivity contribution in [2.75, 3.05) is 0 Å². The second kappa shape index (κ2) is 5.55. The smallest absolute Gasteiger partial charge is 0.207 e. The van der Waals surface area contributed by atoms with Crippen LogP contribution in [-0.2, 0) is 10.0 Å². The average molecular weight is 292 g/mol. The van der Waals surface area contributed by atoms with E-state index in [2.05, 4.69) is 4.72 Å². The molecule has 0 heterocycles. The molecule has 0 bridgehead atoms. The van der Waals surface area contributed by atoms with E-state index in [1.807, 2.05) is 13.0 Å². The summed E-state index contributed by atoms with van der Waals surface area (Å²) in [6.07, 6.45) is 5.05. The minimum atomic E-state index is -3.53. The molecule has 108 valence electrons. The highest BCUT2D eigenvalue weighted by atomic mass is 32.2. The topological polar surface area (TPSA) is 70.0 Å². The van der Waals surface area contributed by atoms with Gasteiger partial charge in [0, 0.05) is 5.54 Å². The number of nitrogens with zero attached hydrogens (tertiary/aromatic N) is 1. The largest absolute Gasteiger partial charge is 0.241 e. The van der Waals surface area contributed by atoms with Gasteiger partial charge in [0.15, 0.2) is 0 Å². The molecule has 1 fully saturated rings. The summed E-state index contributed by atoms with van der Waals surface area (Å²) in [4.78, 5) is 0.237. The Hall–Kier alpha value is -1.38. The van der Waals surface area contributed by atoms with E-state index in [0.29, 0.717) is 11.1 Å². The molecule has 1 aliphatic rings. The zero-order valence-corrected chi connectivity index (χ0v) is 12.8. The number of sulfonamides is 1. The van der Waals surface area contributed by atoms with Crippen LogP contribution >= 0.6 is 0 Å². The Balaban J connectivity index is 2.26. The molecule has 1 aromatic carbocycles. The summed E-state index contributed by atoms with van der Waals surface area (Å²) in [5, 5.41) is 8.90. The molecule has 0 radical (unpaired) electrons. The lowest BCUT2D eigenvalue weighted by molar-refractivity contribution is 0.294. The van der Waals surface area contributed by atoms with Crippen LogP contribution in [0.15, 0.2) is 23.1 Å². The molecule has 0 unspecified atom stereocenters. The Kier molecular flexibility index (Phi) is 4.17. The molecule has 20 heavy (non-hydrogen) atoms. The number of aryl methyl sites for hydroxylation is 1. The zero-order valence-electron chi connectivity index (χ0n) is 11.9. The normalized spacial score (nSPS) is 18.4. The van der Waals surface area contributed by atoms with Gasteiger partial charge in [0.1, 0.15) is 0 Å². The first kappa shape index (κ1) is 15.0. The van der Waals surface area contributed by atoms with Crippen LogP contribution in [0, 0.1) is 18.3 Å². The lowest BCUT2D eigenvalue weighted by Gasteiger charge is -2.34. The Bertz CT molecular complexity index is 638. The molecule has 0 amide bonds. The fourth-order valence-corrected chi connectivity index (χ4v) is 4.30. The van der Waals surface area contributed by atoms with Crippen LogP contribution in [-0.4, -0.2) is 14.0 Å². The average Bonchev–Trinajstić information content (AvgIpc) is 2.38. The van der Waals surface area contributed by atoms with E-state index in [-0.39, 0.29) is 10.4 Å². The molecule has 2 rings (SSSR count). The van der Waals surface area contributed by atoms with Gasteiger partial charge in [-0.05, 0) is 50.5 Å². The van der Waals surface area contributed by atoms with Crippen molar-refractivity contribution >= 4 is 10.0 Å². The summed E-state index contributed by atoms with van der Waals surface area (Å²) < 4.78 is 27.8. The Morgan fingerprint density at radius 3 is 2.45 bits per heavy atom. The van der Waals surface area contributed by atoms with Crippen molar-refractivity contribution in [2.45, 2.75) is 56.4 Å². The lowest BCUT2D eigenvalue weighted by Crippen LogP contribution is -2.47.